The van der Waals surface area contributed by atoms with Gasteiger partial charge in [-0.2, -0.15) is 0 Å². The van der Waals surface area contributed by atoms with Gasteiger partial charge in [0.25, 0.3) is 5.92 Å². The minimum atomic E-state index is -3.39. The second-order valence-corrected chi connectivity index (χ2v) is 15.1. The number of alkyl halides is 2. The third kappa shape index (κ3) is 10.6. The molecule has 0 spiro atoms. The fourth-order valence-electron chi connectivity index (χ4n) is 7.68. The molecular formula is C50H49ClF2O5. The second-order valence-electron chi connectivity index (χ2n) is 14.6. The zero-order chi connectivity index (χ0) is 40.2. The highest BCUT2D eigenvalue weighted by Crippen LogP contribution is 2.52. The van der Waals surface area contributed by atoms with Crippen LogP contribution in [0.3, 0.4) is 0 Å². The molecule has 7 rings (SSSR count). The molecule has 1 fully saturated rings. The summed E-state index contributed by atoms with van der Waals surface area (Å²) in [4.78, 5) is 0. The van der Waals surface area contributed by atoms with E-state index in [-0.39, 0.29) is 33.0 Å². The molecule has 0 aliphatic heterocycles. The van der Waals surface area contributed by atoms with E-state index in [2.05, 4.69) is 0 Å². The molecule has 1 saturated carbocycles. The van der Waals surface area contributed by atoms with E-state index in [1.807, 2.05) is 153 Å². The number of rotatable bonds is 18. The molecule has 0 N–H and O–H groups in total. The smallest absolute Gasteiger partial charge is 0.265 e. The van der Waals surface area contributed by atoms with E-state index in [4.69, 9.17) is 35.3 Å². The van der Waals surface area contributed by atoms with Crippen molar-refractivity contribution in [2.24, 2.45) is 5.92 Å². The van der Waals surface area contributed by atoms with Gasteiger partial charge < -0.3 is 23.7 Å². The van der Waals surface area contributed by atoms with Crippen LogP contribution >= 0.6 is 11.6 Å². The Hall–Kier alpha value is -4.89. The monoisotopic (exact) mass is 802 g/mol. The third-order valence-corrected chi connectivity index (χ3v) is 11.0. The Kier molecular flexibility index (Phi) is 14.4. The van der Waals surface area contributed by atoms with Gasteiger partial charge in [0.2, 0.25) is 0 Å². The van der Waals surface area contributed by atoms with Crippen molar-refractivity contribution in [1.82, 2.24) is 0 Å². The van der Waals surface area contributed by atoms with E-state index in [0.29, 0.717) is 23.6 Å². The summed E-state index contributed by atoms with van der Waals surface area (Å²) < 4.78 is 68.2. The lowest BCUT2D eigenvalue weighted by atomic mass is 9.69. The molecule has 58 heavy (non-hydrogen) atoms. The molecule has 0 saturated heterocycles. The molecule has 5 atom stereocenters. The van der Waals surface area contributed by atoms with E-state index in [1.54, 1.807) is 18.2 Å². The third-order valence-electron chi connectivity index (χ3n) is 10.6. The van der Waals surface area contributed by atoms with Crippen LogP contribution < -0.4 is 4.74 Å². The highest BCUT2D eigenvalue weighted by atomic mass is 35.5. The van der Waals surface area contributed by atoms with Gasteiger partial charge in [-0.25, -0.2) is 8.78 Å². The lowest BCUT2D eigenvalue weighted by molar-refractivity contribution is -0.271. The first-order valence-corrected chi connectivity index (χ1v) is 20.2. The van der Waals surface area contributed by atoms with Crippen molar-refractivity contribution in [3.63, 3.8) is 0 Å². The molecule has 0 bridgehead atoms. The van der Waals surface area contributed by atoms with Gasteiger partial charge >= 0.3 is 0 Å². The minimum absolute atomic E-state index is 0.0937. The maximum absolute atomic E-state index is 18.1. The number of halogens is 3. The number of benzene rings is 6. The van der Waals surface area contributed by atoms with Crippen LogP contribution in [0, 0.1) is 5.92 Å². The van der Waals surface area contributed by atoms with Crippen LogP contribution in [0.15, 0.2) is 164 Å². The van der Waals surface area contributed by atoms with Crippen LogP contribution in [-0.4, -0.2) is 37.4 Å². The quantitative estimate of drug-likeness (QED) is 0.0866. The largest absolute Gasteiger partial charge is 0.494 e. The molecule has 6 aromatic carbocycles. The van der Waals surface area contributed by atoms with Gasteiger partial charge in [0.05, 0.1) is 63.7 Å². The van der Waals surface area contributed by atoms with E-state index in [0.717, 1.165) is 39.1 Å². The van der Waals surface area contributed by atoms with Crippen molar-refractivity contribution in [2.75, 3.05) is 13.2 Å². The van der Waals surface area contributed by atoms with Crippen molar-refractivity contribution in [1.29, 1.82) is 0 Å². The SMILES string of the molecule is CCOc1ccc(Cc2cc([C@H]3[C@H](OCc4ccccc4)[C@@H](OCc4ccccc4)[C@H](OCc4ccccc4)C(COCc4ccccc4)C3(F)F)ccc2Cl)cc1. The normalized spacial score (nSPS) is 20.1. The van der Waals surface area contributed by atoms with Crippen molar-refractivity contribution < 1.29 is 32.5 Å². The first kappa shape index (κ1) is 41.3. The zero-order valence-electron chi connectivity index (χ0n) is 32.6. The fourth-order valence-corrected chi connectivity index (χ4v) is 7.86. The van der Waals surface area contributed by atoms with Crippen LogP contribution in [0.25, 0.3) is 0 Å². The number of hydrogen-bond acceptors (Lipinski definition) is 5. The number of hydrogen-bond donors (Lipinski definition) is 0. The van der Waals surface area contributed by atoms with Crippen LogP contribution in [0.2, 0.25) is 5.02 Å². The molecule has 0 aromatic heterocycles. The van der Waals surface area contributed by atoms with Gasteiger partial charge in [-0.05, 0) is 70.5 Å². The molecule has 5 nitrogen and oxygen atoms in total. The predicted molar refractivity (Wildman–Crippen MR) is 224 cm³/mol. The summed E-state index contributed by atoms with van der Waals surface area (Å²) in [7, 11) is 0. The summed E-state index contributed by atoms with van der Waals surface area (Å²) in [5.41, 5.74) is 5.60. The van der Waals surface area contributed by atoms with Crippen molar-refractivity contribution >= 4 is 11.6 Å². The van der Waals surface area contributed by atoms with Gasteiger partial charge in [-0.15, -0.1) is 0 Å². The Morgan fingerprint density at radius 1 is 0.534 bits per heavy atom. The van der Waals surface area contributed by atoms with Gasteiger partial charge in [-0.3, -0.25) is 0 Å². The topological polar surface area (TPSA) is 46.2 Å². The molecule has 8 heteroatoms. The Labute approximate surface area is 345 Å². The average Bonchev–Trinajstić information content (AvgIpc) is 3.25. The molecule has 300 valence electrons. The molecule has 0 heterocycles. The number of ether oxygens (including phenoxy) is 5. The first-order valence-electron chi connectivity index (χ1n) is 19.8. The summed E-state index contributed by atoms with van der Waals surface area (Å²) in [6.45, 7) is 2.75. The zero-order valence-corrected chi connectivity index (χ0v) is 33.4. The van der Waals surface area contributed by atoms with E-state index >= 15 is 8.78 Å². The average molecular weight is 803 g/mol. The van der Waals surface area contributed by atoms with Crippen LogP contribution in [0.5, 0.6) is 5.75 Å². The Morgan fingerprint density at radius 3 is 1.53 bits per heavy atom. The van der Waals surface area contributed by atoms with E-state index in [1.165, 1.54) is 0 Å². The highest BCUT2D eigenvalue weighted by molar-refractivity contribution is 6.31. The van der Waals surface area contributed by atoms with Gasteiger partial charge in [0.1, 0.15) is 11.9 Å². The lowest BCUT2D eigenvalue weighted by Gasteiger charge is -2.50. The maximum Gasteiger partial charge on any atom is 0.265 e. The molecule has 0 amide bonds. The molecule has 1 aliphatic carbocycles. The van der Waals surface area contributed by atoms with Gasteiger partial charge in [-0.1, -0.05) is 157 Å². The maximum atomic E-state index is 18.1. The molecule has 6 aromatic rings. The highest BCUT2D eigenvalue weighted by Gasteiger charge is 2.63. The van der Waals surface area contributed by atoms with Crippen LogP contribution in [-0.2, 0) is 51.8 Å². The van der Waals surface area contributed by atoms with Gasteiger partial charge in [0.15, 0.2) is 0 Å². The van der Waals surface area contributed by atoms with Gasteiger partial charge in [0, 0.05) is 5.02 Å². The fraction of sp³-hybridized carbons (Fsp3) is 0.280. The Balaban J connectivity index is 1.31. The lowest BCUT2D eigenvalue weighted by Crippen LogP contribution is -2.63. The predicted octanol–water partition coefficient (Wildman–Crippen LogP) is 11.7. The summed E-state index contributed by atoms with van der Waals surface area (Å²) in [5, 5.41) is 0.488. The molecule has 1 unspecified atom stereocenters. The molecule has 0 radical (unpaired) electrons. The Bertz CT molecular complexity index is 2120. The van der Waals surface area contributed by atoms with Crippen LogP contribution in [0.4, 0.5) is 8.78 Å². The summed E-state index contributed by atoms with van der Waals surface area (Å²) in [6, 6.07) is 51.4. The first-order chi connectivity index (χ1) is 28.4. The van der Waals surface area contributed by atoms with E-state index in [9.17, 15) is 0 Å². The summed E-state index contributed by atoms with van der Waals surface area (Å²) in [6.07, 6.45) is -2.73. The summed E-state index contributed by atoms with van der Waals surface area (Å²) >= 11 is 6.83. The minimum Gasteiger partial charge on any atom is -0.494 e. The molecule has 1 aliphatic rings. The van der Waals surface area contributed by atoms with Crippen molar-refractivity contribution in [3.8, 4) is 5.75 Å². The molecular weight excluding hydrogens is 754 g/mol. The van der Waals surface area contributed by atoms with Crippen molar-refractivity contribution in [2.45, 2.75) is 69.9 Å². The van der Waals surface area contributed by atoms with Crippen LogP contribution in [0.1, 0.15) is 51.8 Å². The summed E-state index contributed by atoms with van der Waals surface area (Å²) in [5.74, 6) is -5.49. The second kappa shape index (κ2) is 20.2. The Morgan fingerprint density at radius 2 is 1.02 bits per heavy atom. The van der Waals surface area contributed by atoms with Crippen molar-refractivity contribution in [3.05, 3.63) is 208 Å². The standard InChI is InChI=1S/C50H49ClF2O5/c1-2-55-43-26-23-36(24-27-43)29-42-30-41(25-28-45(42)51)46-48(57-33-39-19-11-5-12-20-39)49(58-34-40-21-13-6-14-22-40)47(56-32-38-17-9-4-10-18-38)44(50(46,52)53)35-54-31-37-15-7-3-8-16-37/h3-28,30,44,46-49H,2,29,31-35H2,1H3/t44?,46-,47+,48-,49-/m0/s1. The van der Waals surface area contributed by atoms with E-state index < -0.39 is 36.1 Å².